The van der Waals surface area contributed by atoms with Crippen LogP contribution >= 0.6 is 23.2 Å². The van der Waals surface area contributed by atoms with Crippen LogP contribution in [0, 0.1) is 5.41 Å². The predicted octanol–water partition coefficient (Wildman–Crippen LogP) is 8.12. The lowest BCUT2D eigenvalue weighted by molar-refractivity contribution is -0.259. The Morgan fingerprint density at radius 2 is 1.81 bits per heavy atom. The van der Waals surface area contributed by atoms with Gasteiger partial charge in [-0.15, -0.1) is 6.58 Å². The molecule has 0 aliphatic carbocycles. The molecule has 196 valence electrons. The lowest BCUT2D eigenvalue weighted by atomic mass is 9.66. The van der Waals surface area contributed by atoms with E-state index >= 15 is 0 Å². The van der Waals surface area contributed by atoms with Gasteiger partial charge in [0.25, 0.3) is 0 Å². The molecule has 1 saturated heterocycles. The highest BCUT2D eigenvalue weighted by Crippen LogP contribution is 2.53. The van der Waals surface area contributed by atoms with Gasteiger partial charge in [-0.25, -0.2) is 0 Å². The van der Waals surface area contributed by atoms with E-state index in [0.717, 1.165) is 18.1 Å². The highest BCUT2D eigenvalue weighted by Gasteiger charge is 2.55. The topological polar surface area (TPSA) is 40.5 Å². The number of allylic oxidation sites excluding steroid dienone is 1. The molecule has 5 atom stereocenters. The molecule has 0 aromatic heterocycles. The molecule has 1 amide bonds. The van der Waals surface area contributed by atoms with Crippen molar-refractivity contribution in [3.05, 3.63) is 82.4 Å². The largest absolute Gasteiger partial charge is 0.416 e. The Labute approximate surface area is 220 Å². The fourth-order valence-corrected chi connectivity index (χ4v) is 5.63. The van der Waals surface area contributed by atoms with E-state index in [0.29, 0.717) is 22.9 Å². The first-order valence-corrected chi connectivity index (χ1v) is 12.7. The quantitative estimate of drug-likeness (QED) is 0.343. The van der Waals surface area contributed by atoms with E-state index in [4.69, 9.17) is 23.2 Å². The molecule has 1 heterocycles. The monoisotopic (exact) mass is 541 g/mol. The number of alkyl halides is 3. The molecule has 2 aromatic carbocycles. The second-order valence-corrected chi connectivity index (χ2v) is 11.0. The SMILES string of the molecule is C=CC[C@@]1(C)C[C@H](c2cccc(Cl)c2)[C@@H](c2ccc(Cl)cc2)N([C@@H](CC)CC(C)(O)C(F)(F)F)C1=O. The number of halogens is 5. The molecule has 0 bridgehead atoms. The van der Waals surface area contributed by atoms with E-state index in [2.05, 4.69) is 6.58 Å². The summed E-state index contributed by atoms with van der Waals surface area (Å²) in [5, 5.41) is 11.4. The lowest BCUT2D eigenvalue weighted by Gasteiger charge is -2.53. The van der Waals surface area contributed by atoms with Gasteiger partial charge in [-0.3, -0.25) is 4.79 Å². The molecule has 0 saturated carbocycles. The summed E-state index contributed by atoms with van der Waals surface area (Å²) < 4.78 is 41.2. The first-order valence-electron chi connectivity index (χ1n) is 12.0. The molecule has 0 spiro atoms. The summed E-state index contributed by atoms with van der Waals surface area (Å²) in [5.74, 6) is -0.525. The van der Waals surface area contributed by atoms with E-state index in [1.165, 1.54) is 0 Å². The van der Waals surface area contributed by atoms with Gasteiger partial charge in [-0.1, -0.05) is 67.4 Å². The zero-order valence-electron chi connectivity index (χ0n) is 20.7. The highest BCUT2D eigenvalue weighted by atomic mass is 35.5. The molecule has 1 aliphatic rings. The van der Waals surface area contributed by atoms with Gasteiger partial charge in [0.2, 0.25) is 5.91 Å². The number of aliphatic hydroxyl groups is 1. The van der Waals surface area contributed by atoms with Crippen LogP contribution in [-0.2, 0) is 4.79 Å². The van der Waals surface area contributed by atoms with Crippen molar-refractivity contribution in [1.29, 1.82) is 0 Å². The standard InChI is InChI=1S/C28H32Cl2F3NO2/c1-5-14-26(3)17-23(19-8-7-9-21(30)15-19)24(18-10-12-20(29)13-11-18)34(25(26)35)22(6-2)16-27(4,36)28(31,32)33/h5,7-13,15,22-24,36H,1,6,14,16-17H2,2-4H3/t22-,23+,24+,26-,27?/m0/s1. The molecule has 8 heteroatoms. The zero-order chi connectivity index (χ0) is 26.9. The van der Waals surface area contributed by atoms with Crippen LogP contribution in [0.1, 0.15) is 69.5 Å². The average Bonchev–Trinajstić information content (AvgIpc) is 2.79. The van der Waals surface area contributed by atoms with Crippen molar-refractivity contribution in [2.45, 2.75) is 76.2 Å². The minimum atomic E-state index is -4.84. The van der Waals surface area contributed by atoms with Gasteiger partial charge >= 0.3 is 6.18 Å². The number of piperidine rings is 1. The van der Waals surface area contributed by atoms with Crippen LogP contribution in [0.5, 0.6) is 0 Å². The molecule has 1 fully saturated rings. The van der Waals surface area contributed by atoms with Gasteiger partial charge in [0.15, 0.2) is 5.60 Å². The van der Waals surface area contributed by atoms with Crippen molar-refractivity contribution in [2.24, 2.45) is 5.41 Å². The molecule has 1 unspecified atom stereocenters. The second-order valence-electron chi connectivity index (χ2n) is 10.2. The summed E-state index contributed by atoms with van der Waals surface area (Å²) in [6, 6.07) is 12.9. The first kappa shape index (κ1) is 28.5. The second kappa shape index (κ2) is 10.8. The number of benzene rings is 2. The first-order chi connectivity index (χ1) is 16.7. The van der Waals surface area contributed by atoms with Crippen molar-refractivity contribution < 1.29 is 23.1 Å². The number of nitrogens with zero attached hydrogens (tertiary/aromatic N) is 1. The Kier molecular flexibility index (Phi) is 8.54. The third-order valence-electron chi connectivity index (χ3n) is 7.29. The molecule has 2 aromatic rings. The Morgan fingerprint density at radius 3 is 2.33 bits per heavy atom. The minimum Gasteiger partial charge on any atom is -0.381 e. The summed E-state index contributed by atoms with van der Waals surface area (Å²) in [7, 11) is 0. The number of hydrogen-bond acceptors (Lipinski definition) is 2. The van der Waals surface area contributed by atoms with Crippen LogP contribution in [0.25, 0.3) is 0 Å². The Bertz CT molecular complexity index is 1090. The number of carbonyl (C=O) groups is 1. The Morgan fingerprint density at radius 1 is 1.17 bits per heavy atom. The van der Waals surface area contributed by atoms with E-state index in [1.54, 1.807) is 48.2 Å². The fourth-order valence-electron chi connectivity index (χ4n) is 5.30. The molecular weight excluding hydrogens is 510 g/mol. The van der Waals surface area contributed by atoms with Crippen molar-refractivity contribution in [2.75, 3.05) is 0 Å². The third-order valence-corrected chi connectivity index (χ3v) is 7.78. The van der Waals surface area contributed by atoms with Gasteiger partial charge in [0.05, 0.1) is 11.5 Å². The van der Waals surface area contributed by atoms with Gasteiger partial charge < -0.3 is 10.0 Å². The van der Waals surface area contributed by atoms with Gasteiger partial charge in [-0.05, 0) is 61.6 Å². The van der Waals surface area contributed by atoms with Gasteiger partial charge in [-0.2, -0.15) is 13.2 Å². The Hall–Kier alpha value is -2.02. The van der Waals surface area contributed by atoms with E-state index in [9.17, 15) is 23.1 Å². The van der Waals surface area contributed by atoms with Crippen LogP contribution in [0.15, 0.2) is 61.2 Å². The maximum absolute atomic E-state index is 14.1. The minimum absolute atomic E-state index is 0.231. The number of rotatable bonds is 8. The summed E-state index contributed by atoms with van der Waals surface area (Å²) in [4.78, 5) is 15.7. The molecule has 3 rings (SSSR count). The van der Waals surface area contributed by atoms with Crippen LogP contribution in [-0.4, -0.2) is 33.7 Å². The van der Waals surface area contributed by atoms with Gasteiger partial charge in [0.1, 0.15) is 0 Å². The van der Waals surface area contributed by atoms with Crippen molar-refractivity contribution in [1.82, 2.24) is 4.90 Å². The molecule has 1 N–H and O–H groups in total. The van der Waals surface area contributed by atoms with E-state index in [-0.39, 0.29) is 18.2 Å². The average molecular weight is 542 g/mol. The smallest absolute Gasteiger partial charge is 0.381 e. The van der Waals surface area contributed by atoms with Crippen LogP contribution in [0.2, 0.25) is 10.0 Å². The predicted molar refractivity (Wildman–Crippen MR) is 138 cm³/mol. The normalized spacial score (nSPS) is 25.4. The van der Waals surface area contributed by atoms with E-state index < -0.39 is 35.7 Å². The molecule has 0 radical (unpaired) electrons. The van der Waals surface area contributed by atoms with Crippen LogP contribution in [0.4, 0.5) is 13.2 Å². The van der Waals surface area contributed by atoms with Crippen molar-refractivity contribution >= 4 is 29.1 Å². The highest BCUT2D eigenvalue weighted by molar-refractivity contribution is 6.30. The van der Waals surface area contributed by atoms with Gasteiger partial charge in [0, 0.05) is 28.4 Å². The van der Waals surface area contributed by atoms with Crippen molar-refractivity contribution in [3.63, 3.8) is 0 Å². The van der Waals surface area contributed by atoms with E-state index in [1.807, 2.05) is 25.1 Å². The number of amides is 1. The fraction of sp³-hybridized carbons (Fsp3) is 0.464. The number of carbonyl (C=O) groups excluding carboxylic acids is 1. The third kappa shape index (κ3) is 5.76. The molecule has 1 aliphatic heterocycles. The zero-order valence-corrected chi connectivity index (χ0v) is 22.2. The molecule has 3 nitrogen and oxygen atoms in total. The number of hydrogen-bond donors (Lipinski definition) is 1. The number of likely N-dealkylation sites (tertiary alicyclic amines) is 1. The maximum Gasteiger partial charge on any atom is 0.416 e. The molecular formula is C28H32Cl2F3NO2. The summed E-state index contributed by atoms with van der Waals surface area (Å²) in [6.07, 6.45) is -2.77. The van der Waals surface area contributed by atoms with Crippen LogP contribution in [0.3, 0.4) is 0 Å². The molecule has 36 heavy (non-hydrogen) atoms. The summed E-state index contributed by atoms with van der Waals surface area (Å²) >= 11 is 12.5. The summed E-state index contributed by atoms with van der Waals surface area (Å²) in [6.45, 7) is 8.14. The maximum atomic E-state index is 14.1. The lowest BCUT2D eigenvalue weighted by Crippen LogP contribution is -2.58. The van der Waals surface area contributed by atoms with Crippen LogP contribution < -0.4 is 0 Å². The summed E-state index contributed by atoms with van der Waals surface area (Å²) in [5.41, 5.74) is -2.22. The Balaban J connectivity index is 2.24. The van der Waals surface area contributed by atoms with Crippen molar-refractivity contribution in [3.8, 4) is 0 Å².